The molecule has 0 spiro atoms. The molecule has 2 N–H and O–H groups in total. The summed E-state index contributed by atoms with van der Waals surface area (Å²) in [5.74, 6) is 0.622. The summed E-state index contributed by atoms with van der Waals surface area (Å²) in [5, 5.41) is 6.11. The number of carbonyl (C=O) groups excluding carboxylic acids is 1. The van der Waals surface area contributed by atoms with Crippen LogP contribution < -0.4 is 10.6 Å². The molecule has 0 fully saturated rings. The van der Waals surface area contributed by atoms with Crippen molar-refractivity contribution in [2.75, 3.05) is 11.9 Å². The Morgan fingerprint density at radius 3 is 2.23 bits per heavy atom. The van der Waals surface area contributed by atoms with E-state index < -0.39 is 0 Å². The molecule has 1 heterocycles. The Labute approximate surface area is 184 Å². The lowest BCUT2D eigenvalue weighted by molar-refractivity contribution is 0.251. The molecule has 0 aliphatic rings. The third-order valence-corrected chi connectivity index (χ3v) is 5.20. The number of hydrogen-bond donors (Lipinski definition) is 2. The Morgan fingerprint density at radius 1 is 0.968 bits per heavy atom. The van der Waals surface area contributed by atoms with Gasteiger partial charge >= 0.3 is 6.03 Å². The molecule has 0 radical (unpaired) electrons. The summed E-state index contributed by atoms with van der Waals surface area (Å²) in [6, 6.07) is 17.6. The van der Waals surface area contributed by atoms with Crippen LogP contribution in [0.2, 0.25) is 0 Å². The van der Waals surface area contributed by atoms with Gasteiger partial charge in [-0.1, -0.05) is 76.2 Å². The number of hydrogen-bond acceptors (Lipinski definition) is 3. The van der Waals surface area contributed by atoms with Crippen molar-refractivity contribution in [1.82, 2.24) is 5.32 Å². The van der Waals surface area contributed by atoms with E-state index in [9.17, 15) is 4.79 Å². The topological polar surface area (TPSA) is 66.6 Å². The van der Waals surface area contributed by atoms with Crippen molar-refractivity contribution in [3.8, 4) is 0 Å². The van der Waals surface area contributed by atoms with Crippen molar-refractivity contribution in [2.24, 2.45) is 4.99 Å². The third kappa shape index (κ3) is 6.07. The lowest BCUT2D eigenvalue weighted by Gasteiger charge is -2.21. The van der Waals surface area contributed by atoms with E-state index in [2.05, 4.69) is 61.5 Å². The predicted octanol–water partition coefficient (Wildman–Crippen LogP) is 6.51. The van der Waals surface area contributed by atoms with Gasteiger partial charge in [-0.2, -0.15) is 0 Å². The van der Waals surface area contributed by atoms with Gasteiger partial charge in [-0.3, -0.25) is 4.99 Å². The fraction of sp³-hybridized carbons (Fsp3) is 0.308. The van der Waals surface area contributed by atoms with E-state index in [-0.39, 0.29) is 12.1 Å². The molecule has 0 aliphatic heterocycles. The molecular weight excluding hydrogens is 386 g/mol. The normalized spacial score (nSPS) is 12.5. The first-order chi connectivity index (χ1) is 15.0. The Balaban J connectivity index is 1.75. The quantitative estimate of drug-likeness (QED) is 0.410. The number of para-hydroxylation sites is 1. The van der Waals surface area contributed by atoms with Crippen molar-refractivity contribution in [1.29, 1.82) is 0 Å². The number of amides is 2. The first kappa shape index (κ1) is 22.3. The number of carbonyl (C=O) groups is 1. The Bertz CT molecular complexity index is 967. The Hall–Kier alpha value is -3.34. The highest BCUT2D eigenvalue weighted by Gasteiger charge is 2.17. The van der Waals surface area contributed by atoms with E-state index in [1.54, 1.807) is 18.7 Å². The van der Waals surface area contributed by atoms with E-state index in [1.165, 1.54) is 0 Å². The molecule has 0 saturated carbocycles. The molecule has 5 heteroatoms. The molecular formula is C26H31N3O2. The van der Waals surface area contributed by atoms with Gasteiger partial charge in [0.2, 0.25) is 0 Å². The van der Waals surface area contributed by atoms with Gasteiger partial charge < -0.3 is 15.1 Å². The molecule has 0 saturated heterocycles. The minimum absolute atomic E-state index is 0.202. The van der Waals surface area contributed by atoms with Crippen molar-refractivity contribution >= 4 is 17.9 Å². The molecule has 3 rings (SSSR count). The molecule has 31 heavy (non-hydrogen) atoms. The van der Waals surface area contributed by atoms with Crippen LogP contribution >= 0.6 is 0 Å². The van der Waals surface area contributed by atoms with Gasteiger partial charge in [-0.25, -0.2) is 4.79 Å². The molecule has 2 aromatic carbocycles. The molecule has 1 aromatic heterocycles. The maximum Gasteiger partial charge on any atom is 0.319 e. The molecule has 5 nitrogen and oxygen atoms in total. The van der Waals surface area contributed by atoms with Gasteiger partial charge in [0.1, 0.15) is 0 Å². The first-order valence-electron chi connectivity index (χ1n) is 10.7. The smallest absolute Gasteiger partial charge is 0.319 e. The van der Waals surface area contributed by atoms with Crippen LogP contribution in [0, 0.1) is 0 Å². The molecule has 0 bridgehead atoms. The number of anilines is 1. The zero-order chi connectivity index (χ0) is 22.2. The van der Waals surface area contributed by atoms with Crippen LogP contribution in [-0.2, 0) is 0 Å². The molecule has 0 unspecified atom stereocenters. The monoisotopic (exact) mass is 417 g/mol. The highest BCUT2D eigenvalue weighted by Crippen LogP contribution is 2.32. The average molecular weight is 418 g/mol. The number of urea groups is 1. The lowest BCUT2D eigenvalue weighted by Crippen LogP contribution is -2.33. The second-order valence-electron chi connectivity index (χ2n) is 8.22. The second-order valence-corrected chi connectivity index (χ2v) is 8.22. The Morgan fingerprint density at radius 2 is 1.65 bits per heavy atom. The van der Waals surface area contributed by atoms with E-state index >= 15 is 0 Å². The van der Waals surface area contributed by atoms with E-state index in [0.29, 0.717) is 18.4 Å². The van der Waals surface area contributed by atoms with Gasteiger partial charge in [0.25, 0.3) is 0 Å². The summed E-state index contributed by atoms with van der Waals surface area (Å²) < 4.78 is 5.11. The van der Waals surface area contributed by atoms with Crippen LogP contribution in [0.5, 0.6) is 0 Å². The molecule has 3 aromatic rings. The second kappa shape index (κ2) is 10.6. The number of furan rings is 1. The highest BCUT2D eigenvalue weighted by atomic mass is 16.3. The van der Waals surface area contributed by atoms with Crippen LogP contribution in [0.3, 0.4) is 0 Å². The number of benzene rings is 2. The third-order valence-electron chi connectivity index (χ3n) is 5.20. The molecule has 1 atom stereocenters. The fourth-order valence-electron chi connectivity index (χ4n) is 3.50. The largest absolute Gasteiger partial charge is 0.472 e. The van der Waals surface area contributed by atoms with E-state index in [4.69, 9.17) is 4.42 Å². The summed E-state index contributed by atoms with van der Waals surface area (Å²) in [6.45, 7) is 8.93. The first-order valence-corrected chi connectivity index (χ1v) is 10.7. The summed E-state index contributed by atoms with van der Waals surface area (Å²) >= 11 is 0. The van der Waals surface area contributed by atoms with Crippen LogP contribution in [0.1, 0.15) is 67.8 Å². The predicted molar refractivity (Wildman–Crippen MR) is 127 cm³/mol. The Kier molecular flexibility index (Phi) is 7.65. The standard InChI is InChI=1S/C26H31N3O2/c1-18(2)22-11-8-12-23(19(3)4)25(22)29-26(30)28-16-24(21-9-6-5-7-10-21)27-15-20-13-14-31-17-20/h5-15,17-19,24H,16H2,1-4H3,(H2,28,29,30)/t24-/m0/s1. The molecule has 162 valence electrons. The summed E-state index contributed by atoms with van der Waals surface area (Å²) in [5.41, 5.74) is 5.10. The lowest BCUT2D eigenvalue weighted by atomic mass is 9.93. The number of nitrogens with zero attached hydrogens (tertiary/aromatic N) is 1. The molecule has 0 aliphatic carbocycles. The zero-order valence-corrected chi connectivity index (χ0v) is 18.6. The van der Waals surface area contributed by atoms with Crippen molar-refractivity contribution in [3.05, 3.63) is 89.4 Å². The zero-order valence-electron chi connectivity index (χ0n) is 18.6. The van der Waals surface area contributed by atoms with Crippen LogP contribution in [0.4, 0.5) is 10.5 Å². The van der Waals surface area contributed by atoms with Gasteiger partial charge in [0.15, 0.2) is 0 Å². The number of aliphatic imine (C=N–C) groups is 1. The average Bonchev–Trinajstić information content (AvgIpc) is 3.28. The minimum Gasteiger partial charge on any atom is -0.472 e. The number of rotatable bonds is 8. The van der Waals surface area contributed by atoms with Crippen molar-refractivity contribution in [2.45, 2.75) is 45.6 Å². The van der Waals surface area contributed by atoms with Crippen LogP contribution in [0.15, 0.2) is 76.5 Å². The van der Waals surface area contributed by atoms with E-state index in [1.807, 2.05) is 36.4 Å². The van der Waals surface area contributed by atoms with Gasteiger partial charge in [0.05, 0.1) is 18.6 Å². The maximum absolute atomic E-state index is 12.8. The van der Waals surface area contributed by atoms with Gasteiger partial charge in [-0.05, 0) is 34.6 Å². The summed E-state index contributed by atoms with van der Waals surface area (Å²) in [6.07, 6.45) is 5.02. The highest BCUT2D eigenvalue weighted by molar-refractivity contribution is 5.91. The minimum atomic E-state index is -0.227. The number of nitrogens with one attached hydrogen (secondary N) is 2. The van der Waals surface area contributed by atoms with Crippen LogP contribution in [-0.4, -0.2) is 18.8 Å². The van der Waals surface area contributed by atoms with Gasteiger partial charge in [0, 0.05) is 24.0 Å². The SMILES string of the molecule is CC(C)c1cccc(C(C)C)c1NC(=O)NC[C@H](N=Cc1ccoc1)c1ccccc1. The van der Waals surface area contributed by atoms with Crippen molar-refractivity contribution in [3.63, 3.8) is 0 Å². The summed E-state index contributed by atoms with van der Waals surface area (Å²) in [4.78, 5) is 17.5. The summed E-state index contributed by atoms with van der Waals surface area (Å²) in [7, 11) is 0. The van der Waals surface area contributed by atoms with Gasteiger partial charge in [-0.15, -0.1) is 0 Å². The van der Waals surface area contributed by atoms with E-state index in [0.717, 1.165) is 27.9 Å². The van der Waals surface area contributed by atoms with Crippen molar-refractivity contribution < 1.29 is 9.21 Å². The molecule has 2 amide bonds. The fourth-order valence-corrected chi connectivity index (χ4v) is 3.50. The maximum atomic E-state index is 12.8. The van der Waals surface area contributed by atoms with Crippen LogP contribution in [0.25, 0.3) is 0 Å².